The van der Waals surface area contributed by atoms with E-state index >= 15 is 0 Å². The van der Waals surface area contributed by atoms with E-state index in [1.54, 1.807) is 13.0 Å². The third-order valence-electron chi connectivity index (χ3n) is 2.56. The van der Waals surface area contributed by atoms with Gasteiger partial charge in [-0.05, 0) is 25.1 Å². The first-order valence-corrected chi connectivity index (χ1v) is 7.28. The SMILES string of the molecule is CC(=O)NS(=O)(=O)c1cccc(N2N=C(C)CC2=O)c1. The zero-order chi connectivity index (χ0) is 14.9. The summed E-state index contributed by atoms with van der Waals surface area (Å²) in [6, 6.07) is 5.70. The maximum absolute atomic E-state index is 11.9. The second-order valence-corrected chi connectivity index (χ2v) is 6.06. The molecule has 0 radical (unpaired) electrons. The van der Waals surface area contributed by atoms with E-state index in [4.69, 9.17) is 0 Å². The summed E-state index contributed by atoms with van der Waals surface area (Å²) in [5, 5.41) is 5.20. The van der Waals surface area contributed by atoms with Crippen molar-refractivity contribution in [3.63, 3.8) is 0 Å². The fourth-order valence-electron chi connectivity index (χ4n) is 1.79. The van der Waals surface area contributed by atoms with Gasteiger partial charge in [0.25, 0.3) is 15.9 Å². The highest BCUT2D eigenvalue weighted by molar-refractivity contribution is 7.90. The van der Waals surface area contributed by atoms with Crippen LogP contribution < -0.4 is 9.73 Å². The van der Waals surface area contributed by atoms with E-state index in [1.807, 2.05) is 4.72 Å². The minimum Gasteiger partial charge on any atom is -0.274 e. The quantitative estimate of drug-likeness (QED) is 0.884. The Morgan fingerprint density at radius 1 is 1.40 bits per heavy atom. The molecule has 0 aromatic heterocycles. The molecule has 1 N–H and O–H groups in total. The molecule has 1 aromatic rings. The molecule has 0 atom stereocenters. The summed E-state index contributed by atoms with van der Waals surface area (Å²) < 4.78 is 25.6. The van der Waals surface area contributed by atoms with Crippen molar-refractivity contribution in [3.8, 4) is 0 Å². The lowest BCUT2D eigenvalue weighted by atomic mass is 10.3. The summed E-state index contributed by atoms with van der Waals surface area (Å²) >= 11 is 0. The number of nitrogens with zero attached hydrogens (tertiary/aromatic N) is 2. The van der Waals surface area contributed by atoms with Gasteiger partial charge in [0.2, 0.25) is 5.91 Å². The first kappa shape index (κ1) is 14.2. The van der Waals surface area contributed by atoms with Gasteiger partial charge in [-0.25, -0.2) is 18.1 Å². The Balaban J connectivity index is 2.39. The molecule has 2 rings (SSSR count). The van der Waals surface area contributed by atoms with Crippen LogP contribution in [0.25, 0.3) is 0 Å². The number of carbonyl (C=O) groups is 2. The van der Waals surface area contributed by atoms with Gasteiger partial charge < -0.3 is 0 Å². The summed E-state index contributed by atoms with van der Waals surface area (Å²) in [5.41, 5.74) is 1.00. The third-order valence-corrected chi connectivity index (χ3v) is 4.00. The third kappa shape index (κ3) is 2.85. The van der Waals surface area contributed by atoms with Crippen LogP contribution in [-0.2, 0) is 19.6 Å². The molecule has 0 fully saturated rings. The smallest absolute Gasteiger partial charge is 0.264 e. The van der Waals surface area contributed by atoms with Gasteiger partial charge in [-0.15, -0.1) is 0 Å². The van der Waals surface area contributed by atoms with Crippen molar-refractivity contribution in [2.24, 2.45) is 5.10 Å². The predicted octanol–water partition coefficient (Wildman–Crippen LogP) is 0.624. The van der Waals surface area contributed by atoms with E-state index in [-0.39, 0.29) is 17.2 Å². The van der Waals surface area contributed by atoms with E-state index in [9.17, 15) is 18.0 Å². The number of hydrogen-bond acceptors (Lipinski definition) is 5. The lowest BCUT2D eigenvalue weighted by Gasteiger charge is -2.13. The van der Waals surface area contributed by atoms with Gasteiger partial charge in [0.1, 0.15) is 0 Å². The van der Waals surface area contributed by atoms with Crippen LogP contribution >= 0.6 is 0 Å². The molecular weight excluding hydrogens is 282 g/mol. The summed E-state index contributed by atoms with van der Waals surface area (Å²) in [6.45, 7) is 2.83. The Morgan fingerprint density at radius 2 is 2.10 bits per heavy atom. The van der Waals surface area contributed by atoms with E-state index in [0.717, 1.165) is 11.9 Å². The molecule has 106 valence electrons. The number of hydrogen-bond donors (Lipinski definition) is 1. The Hall–Kier alpha value is -2.22. The molecule has 0 saturated heterocycles. The van der Waals surface area contributed by atoms with Gasteiger partial charge in [0.05, 0.1) is 17.0 Å². The number of nitrogens with one attached hydrogen (secondary N) is 1. The summed E-state index contributed by atoms with van der Waals surface area (Å²) in [5.74, 6) is -0.905. The lowest BCUT2D eigenvalue weighted by Crippen LogP contribution is -2.28. The Kier molecular flexibility index (Phi) is 3.58. The Morgan fingerprint density at radius 3 is 2.65 bits per heavy atom. The largest absolute Gasteiger partial charge is 0.274 e. The number of sulfonamides is 1. The normalized spacial score (nSPS) is 15.2. The monoisotopic (exact) mass is 295 g/mol. The van der Waals surface area contributed by atoms with E-state index in [1.165, 1.54) is 18.2 Å². The van der Waals surface area contributed by atoms with Gasteiger partial charge in [-0.3, -0.25) is 9.59 Å². The summed E-state index contributed by atoms with van der Waals surface area (Å²) in [7, 11) is -3.93. The lowest BCUT2D eigenvalue weighted by molar-refractivity contribution is -0.118. The topological polar surface area (TPSA) is 95.9 Å². The van der Waals surface area contributed by atoms with Crippen LogP contribution in [0.1, 0.15) is 20.3 Å². The maximum atomic E-state index is 11.9. The Labute approximate surface area is 116 Å². The van der Waals surface area contributed by atoms with Crippen molar-refractivity contribution < 1.29 is 18.0 Å². The summed E-state index contributed by atoms with van der Waals surface area (Å²) in [6.07, 6.45) is 0.211. The molecule has 1 aromatic carbocycles. The van der Waals surface area contributed by atoms with Crippen LogP contribution in [0.2, 0.25) is 0 Å². The minimum absolute atomic E-state index is 0.0993. The number of benzene rings is 1. The van der Waals surface area contributed by atoms with Crippen molar-refractivity contribution >= 4 is 33.2 Å². The van der Waals surface area contributed by atoms with Crippen LogP contribution in [0.4, 0.5) is 5.69 Å². The molecule has 1 aliphatic rings. The molecule has 20 heavy (non-hydrogen) atoms. The van der Waals surface area contributed by atoms with E-state index in [0.29, 0.717) is 11.4 Å². The maximum Gasteiger partial charge on any atom is 0.264 e. The second-order valence-electron chi connectivity index (χ2n) is 4.38. The second kappa shape index (κ2) is 5.04. The van der Waals surface area contributed by atoms with Gasteiger partial charge in [0.15, 0.2) is 0 Å². The van der Waals surface area contributed by atoms with Crippen molar-refractivity contribution in [1.29, 1.82) is 0 Å². The van der Waals surface area contributed by atoms with Crippen LogP contribution in [0.3, 0.4) is 0 Å². The average Bonchev–Trinajstić information content (AvgIpc) is 2.67. The first-order valence-electron chi connectivity index (χ1n) is 5.80. The van der Waals surface area contributed by atoms with E-state index < -0.39 is 15.9 Å². The van der Waals surface area contributed by atoms with Crippen LogP contribution in [0.15, 0.2) is 34.3 Å². The molecule has 0 aliphatic carbocycles. The molecule has 0 spiro atoms. The Bertz CT molecular complexity index is 709. The standard InChI is InChI=1S/C12H13N3O4S/c1-8-6-12(17)15(13-8)10-4-3-5-11(7-10)20(18,19)14-9(2)16/h3-5,7H,6H2,1-2H3,(H,14,16). The van der Waals surface area contributed by atoms with Gasteiger partial charge in [-0.2, -0.15) is 5.10 Å². The van der Waals surface area contributed by atoms with Crippen molar-refractivity contribution in [2.75, 3.05) is 5.01 Å². The predicted molar refractivity (Wildman–Crippen MR) is 72.7 cm³/mol. The molecule has 1 heterocycles. The average molecular weight is 295 g/mol. The van der Waals surface area contributed by atoms with Gasteiger partial charge in [-0.1, -0.05) is 6.07 Å². The highest BCUT2D eigenvalue weighted by Crippen LogP contribution is 2.23. The number of anilines is 1. The zero-order valence-corrected chi connectivity index (χ0v) is 11.8. The molecule has 8 heteroatoms. The van der Waals surface area contributed by atoms with Crippen LogP contribution in [-0.4, -0.2) is 25.9 Å². The number of rotatable bonds is 3. The van der Waals surface area contributed by atoms with Crippen LogP contribution in [0, 0.1) is 0 Å². The van der Waals surface area contributed by atoms with Gasteiger partial charge in [0, 0.05) is 12.6 Å². The fourth-order valence-corrected chi connectivity index (χ4v) is 2.82. The highest BCUT2D eigenvalue weighted by Gasteiger charge is 2.24. The van der Waals surface area contributed by atoms with Gasteiger partial charge >= 0.3 is 0 Å². The molecule has 7 nitrogen and oxygen atoms in total. The number of hydrazone groups is 1. The van der Waals surface area contributed by atoms with Crippen molar-refractivity contribution in [3.05, 3.63) is 24.3 Å². The first-order chi connectivity index (χ1) is 9.29. The zero-order valence-electron chi connectivity index (χ0n) is 11.0. The molecule has 2 amide bonds. The van der Waals surface area contributed by atoms with Crippen molar-refractivity contribution in [2.45, 2.75) is 25.2 Å². The minimum atomic E-state index is -3.93. The molecule has 0 saturated carbocycles. The summed E-state index contributed by atoms with van der Waals surface area (Å²) in [4.78, 5) is 22.5. The fraction of sp³-hybridized carbons (Fsp3) is 0.250. The molecular formula is C12H13N3O4S. The van der Waals surface area contributed by atoms with Crippen molar-refractivity contribution in [1.82, 2.24) is 4.72 Å². The highest BCUT2D eigenvalue weighted by atomic mass is 32.2. The number of carbonyl (C=O) groups excluding carboxylic acids is 2. The molecule has 1 aliphatic heterocycles. The molecule has 0 bridgehead atoms. The van der Waals surface area contributed by atoms with E-state index in [2.05, 4.69) is 5.10 Å². The van der Waals surface area contributed by atoms with Crippen LogP contribution in [0.5, 0.6) is 0 Å². The molecule has 0 unspecified atom stereocenters. The number of amides is 2.